The van der Waals surface area contributed by atoms with Gasteiger partial charge >= 0.3 is 12.1 Å². The SMILES string of the molecule is O=C1OC(c2ccc(F)cc2)=N/C1=C\c1ccc(C(F)(F)F)cc1. The third-order valence-corrected chi connectivity index (χ3v) is 3.25. The van der Waals surface area contributed by atoms with Gasteiger partial charge < -0.3 is 4.74 Å². The molecule has 0 N–H and O–H groups in total. The molecule has 0 spiro atoms. The van der Waals surface area contributed by atoms with E-state index in [4.69, 9.17) is 4.74 Å². The van der Waals surface area contributed by atoms with Gasteiger partial charge in [0, 0.05) is 5.56 Å². The summed E-state index contributed by atoms with van der Waals surface area (Å²) in [5, 5.41) is 0. The summed E-state index contributed by atoms with van der Waals surface area (Å²) in [5.41, 5.74) is -0.0390. The highest BCUT2D eigenvalue weighted by Crippen LogP contribution is 2.29. The van der Waals surface area contributed by atoms with Crippen LogP contribution >= 0.6 is 0 Å². The molecule has 0 atom stereocenters. The van der Waals surface area contributed by atoms with E-state index >= 15 is 0 Å². The second-order valence-corrected chi connectivity index (χ2v) is 4.96. The fraction of sp³-hybridized carbons (Fsp3) is 0.0588. The lowest BCUT2D eigenvalue weighted by Crippen LogP contribution is -2.05. The van der Waals surface area contributed by atoms with Crippen LogP contribution in [0.4, 0.5) is 17.6 Å². The average molecular weight is 335 g/mol. The predicted octanol–water partition coefficient (Wildman–Crippen LogP) is 4.19. The lowest BCUT2D eigenvalue weighted by Gasteiger charge is -2.05. The minimum absolute atomic E-state index is 0.0122. The lowest BCUT2D eigenvalue weighted by atomic mass is 10.1. The fourth-order valence-electron chi connectivity index (χ4n) is 2.05. The summed E-state index contributed by atoms with van der Waals surface area (Å²) in [6.45, 7) is 0. The molecule has 24 heavy (non-hydrogen) atoms. The van der Waals surface area contributed by atoms with E-state index in [1.54, 1.807) is 0 Å². The number of hydrogen-bond donors (Lipinski definition) is 0. The van der Waals surface area contributed by atoms with Gasteiger partial charge in [-0.2, -0.15) is 13.2 Å². The molecule has 0 amide bonds. The zero-order valence-corrected chi connectivity index (χ0v) is 12.0. The molecule has 0 bridgehead atoms. The van der Waals surface area contributed by atoms with Crippen LogP contribution < -0.4 is 0 Å². The van der Waals surface area contributed by atoms with Crippen LogP contribution in [0.3, 0.4) is 0 Å². The van der Waals surface area contributed by atoms with Crippen molar-refractivity contribution in [2.45, 2.75) is 6.18 Å². The van der Waals surface area contributed by atoms with Crippen LogP contribution in [0.1, 0.15) is 16.7 Å². The van der Waals surface area contributed by atoms with Crippen LogP contribution in [-0.4, -0.2) is 11.9 Å². The van der Waals surface area contributed by atoms with E-state index in [2.05, 4.69) is 4.99 Å². The molecule has 1 aliphatic rings. The van der Waals surface area contributed by atoms with E-state index in [0.29, 0.717) is 11.1 Å². The number of alkyl halides is 3. The molecule has 0 aromatic heterocycles. The molecule has 0 saturated heterocycles. The molecule has 0 fully saturated rings. The molecule has 7 heteroatoms. The maximum absolute atomic E-state index is 12.9. The summed E-state index contributed by atoms with van der Waals surface area (Å²) < 4.78 is 55.4. The van der Waals surface area contributed by atoms with Crippen molar-refractivity contribution >= 4 is 17.9 Å². The van der Waals surface area contributed by atoms with Gasteiger partial charge in [0.15, 0.2) is 5.70 Å². The monoisotopic (exact) mass is 335 g/mol. The summed E-state index contributed by atoms with van der Waals surface area (Å²) >= 11 is 0. The summed E-state index contributed by atoms with van der Waals surface area (Å²) in [4.78, 5) is 15.8. The number of rotatable bonds is 2. The first-order valence-electron chi connectivity index (χ1n) is 6.79. The number of carbonyl (C=O) groups excluding carboxylic acids is 1. The summed E-state index contributed by atoms with van der Waals surface area (Å²) in [6, 6.07) is 9.50. The topological polar surface area (TPSA) is 38.7 Å². The Balaban J connectivity index is 1.87. The Morgan fingerprint density at radius 2 is 1.58 bits per heavy atom. The Kier molecular flexibility index (Phi) is 3.92. The second kappa shape index (κ2) is 5.92. The number of benzene rings is 2. The highest BCUT2D eigenvalue weighted by Gasteiger charge is 2.30. The molecule has 0 saturated carbocycles. The van der Waals surface area contributed by atoms with E-state index in [0.717, 1.165) is 12.1 Å². The van der Waals surface area contributed by atoms with Crippen molar-refractivity contribution < 1.29 is 27.1 Å². The minimum atomic E-state index is -4.42. The van der Waals surface area contributed by atoms with Gasteiger partial charge in [-0.15, -0.1) is 0 Å². The maximum atomic E-state index is 12.9. The molecular weight excluding hydrogens is 326 g/mol. The van der Waals surface area contributed by atoms with E-state index in [1.807, 2.05) is 0 Å². The van der Waals surface area contributed by atoms with Crippen LogP contribution in [0.5, 0.6) is 0 Å². The normalized spacial score (nSPS) is 16.2. The number of esters is 1. The average Bonchev–Trinajstić information content (AvgIpc) is 2.89. The summed E-state index contributed by atoms with van der Waals surface area (Å²) in [6.07, 6.45) is -3.11. The number of halogens is 4. The Morgan fingerprint density at radius 3 is 2.17 bits per heavy atom. The van der Waals surface area contributed by atoms with E-state index < -0.39 is 23.5 Å². The lowest BCUT2D eigenvalue weighted by molar-refractivity contribution is -0.137. The molecule has 3 rings (SSSR count). The molecule has 2 aromatic carbocycles. The molecule has 0 unspecified atom stereocenters. The minimum Gasteiger partial charge on any atom is -0.402 e. The van der Waals surface area contributed by atoms with E-state index in [1.165, 1.54) is 42.5 Å². The van der Waals surface area contributed by atoms with Gasteiger partial charge in [0.2, 0.25) is 5.90 Å². The molecule has 0 radical (unpaired) electrons. The van der Waals surface area contributed by atoms with Crippen LogP contribution in [-0.2, 0) is 15.7 Å². The van der Waals surface area contributed by atoms with Crippen LogP contribution in [0.15, 0.2) is 59.2 Å². The standard InChI is InChI=1S/C17H9F4NO2/c18-13-7-3-11(4-8-13)15-22-14(16(23)24-15)9-10-1-5-12(6-2-10)17(19,20)21/h1-9H/b14-9-. The van der Waals surface area contributed by atoms with Crippen molar-refractivity contribution in [1.82, 2.24) is 0 Å². The molecule has 3 nitrogen and oxygen atoms in total. The van der Waals surface area contributed by atoms with Crippen molar-refractivity contribution in [3.8, 4) is 0 Å². The summed E-state index contributed by atoms with van der Waals surface area (Å²) in [5.74, 6) is -1.16. The van der Waals surface area contributed by atoms with Gasteiger partial charge in [0.1, 0.15) is 5.82 Å². The Hall–Kier alpha value is -2.96. The second-order valence-electron chi connectivity index (χ2n) is 4.96. The largest absolute Gasteiger partial charge is 0.416 e. The van der Waals surface area contributed by atoms with E-state index in [9.17, 15) is 22.4 Å². The molecule has 1 heterocycles. The maximum Gasteiger partial charge on any atom is 0.416 e. The van der Waals surface area contributed by atoms with E-state index in [-0.39, 0.29) is 11.6 Å². The fourth-order valence-corrected chi connectivity index (χ4v) is 2.05. The first-order chi connectivity index (χ1) is 11.3. The highest BCUT2D eigenvalue weighted by atomic mass is 19.4. The number of ether oxygens (including phenoxy) is 1. The number of carbonyl (C=O) groups is 1. The van der Waals surface area contributed by atoms with Crippen molar-refractivity contribution in [1.29, 1.82) is 0 Å². The van der Waals surface area contributed by atoms with Gasteiger partial charge in [-0.1, -0.05) is 12.1 Å². The van der Waals surface area contributed by atoms with Crippen LogP contribution in [0.2, 0.25) is 0 Å². The Bertz CT molecular complexity index is 834. The van der Waals surface area contributed by atoms with Crippen molar-refractivity contribution in [3.05, 3.63) is 76.7 Å². The quantitative estimate of drug-likeness (QED) is 0.469. The predicted molar refractivity (Wildman–Crippen MR) is 78.5 cm³/mol. The zero-order chi connectivity index (χ0) is 17.3. The molecular formula is C17H9F4NO2. The number of cyclic esters (lactones) is 1. The van der Waals surface area contributed by atoms with Gasteiger partial charge in [-0.05, 0) is 48.0 Å². The van der Waals surface area contributed by atoms with Crippen molar-refractivity contribution in [3.63, 3.8) is 0 Å². The first kappa shape index (κ1) is 15.9. The zero-order valence-electron chi connectivity index (χ0n) is 12.0. The van der Waals surface area contributed by atoms with Gasteiger partial charge in [-0.25, -0.2) is 14.2 Å². The Morgan fingerprint density at radius 1 is 0.958 bits per heavy atom. The number of nitrogens with zero attached hydrogens (tertiary/aromatic N) is 1. The third-order valence-electron chi connectivity index (χ3n) is 3.25. The molecule has 0 aliphatic carbocycles. The summed E-state index contributed by atoms with van der Waals surface area (Å²) in [7, 11) is 0. The molecule has 2 aromatic rings. The first-order valence-corrected chi connectivity index (χ1v) is 6.79. The molecule has 1 aliphatic heterocycles. The van der Waals surface area contributed by atoms with Gasteiger partial charge in [-0.3, -0.25) is 0 Å². The van der Waals surface area contributed by atoms with Crippen molar-refractivity contribution in [2.75, 3.05) is 0 Å². The van der Waals surface area contributed by atoms with Crippen LogP contribution in [0, 0.1) is 5.82 Å². The van der Waals surface area contributed by atoms with Gasteiger partial charge in [0.25, 0.3) is 0 Å². The molecule has 122 valence electrons. The number of aliphatic imine (C=N–C) groups is 1. The van der Waals surface area contributed by atoms with Crippen LogP contribution in [0.25, 0.3) is 6.08 Å². The van der Waals surface area contributed by atoms with Gasteiger partial charge in [0.05, 0.1) is 5.56 Å². The smallest absolute Gasteiger partial charge is 0.402 e. The highest BCUT2D eigenvalue weighted by molar-refractivity contribution is 6.12. The van der Waals surface area contributed by atoms with Crippen molar-refractivity contribution in [2.24, 2.45) is 4.99 Å². The third kappa shape index (κ3) is 3.34. The Labute approximate surface area is 133 Å². The number of hydrogen-bond acceptors (Lipinski definition) is 3.